The van der Waals surface area contributed by atoms with Crippen LogP contribution in [0.4, 0.5) is 0 Å². The highest BCUT2D eigenvalue weighted by Crippen LogP contribution is 2.30. The predicted molar refractivity (Wildman–Crippen MR) is 56.6 cm³/mol. The molecule has 2 heterocycles. The molecule has 0 amide bonds. The second-order valence-corrected chi connectivity index (χ2v) is 4.18. The topological polar surface area (TPSA) is 38.3 Å². The highest BCUT2D eigenvalue weighted by Gasteiger charge is 2.34. The van der Waals surface area contributed by atoms with Crippen LogP contribution in [0.25, 0.3) is 0 Å². The summed E-state index contributed by atoms with van der Waals surface area (Å²) < 4.78 is 4.79. The fourth-order valence-corrected chi connectivity index (χ4v) is 2.62. The van der Waals surface area contributed by atoms with Crippen molar-refractivity contribution in [2.24, 2.45) is 5.92 Å². The number of fused-ring (bicyclic) bond motifs is 2. The molecule has 82 valence electrons. The monoisotopic (exact) mass is 219 g/mol. The molecular weight excluding hydrogens is 202 g/mol. The first-order valence-electron chi connectivity index (χ1n) is 5.13. The summed E-state index contributed by atoms with van der Waals surface area (Å²) in [6.45, 7) is 0. The third-order valence-electron chi connectivity index (χ3n) is 3.25. The van der Waals surface area contributed by atoms with E-state index in [0.29, 0.717) is 12.1 Å². The van der Waals surface area contributed by atoms with E-state index in [0.717, 1.165) is 12.8 Å². The number of nitrogens with one attached hydrogen (secondary N) is 1. The maximum Gasteiger partial charge on any atom is 0.308 e. The summed E-state index contributed by atoms with van der Waals surface area (Å²) >= 11 is 0. The molecule has 0 radical (unpaired) electrons. The van der Waals surface area contributed by atoms with Gasteiger partial charge in [0.1, 0.15) is 0 Å². The molecule has 0 aromatic heterocycles. The third-order valence-corrected chi connectivity index (χ3v) is 3.25. The van der Waals surface area contributed by atoms with Crippen molar-refractivity contribution in [2.75, 3.05) is 7.11 Å². The quantitative estimate of drug-likeness (QED) is 0.680. The van der Waals surface area contributed by atoms with Gasteiger partial charge in [-0.2, -0.15) is 0 Å². The molecule has 2 bridgehead atoms. The number of rotatable bonds is 1. The Kier molecular flexibility index (Phi) is 4.20. The number of carbonyl (C=O) groups excluding carboxylic acids is 1. The van der Waals surface area contributed by atoms with Gasteiger partial charge in [0.25, 0.3) is 0 Å². The summed E-state index contributed by atoms with van der Waals surface area (Å²) in [5, 5.41) is 3.55. The van der Waals surface area contributed by atoms with Crippen molar-refractivity contribution in [3.05, 3.63) is 0 Å². The molecule has 3 nitrogen and oxygen atoms in total. The Morgan fingerprint density at radius 1 is 1.29 bits per heavy atom. The number of piperidine rings is 2. The smallest absolute Gasteiger partial charge is 0.308 e. The molecule has 2 rings (SSSR count). The van der Waals surface area contributed by atoms with E-state index in [9.17, 15) is 4.79 Å². The average Bonchev–Trinajstić information content (AvgIpc) is 2.16. The second-order valence-electron chi connectivity index (χ2n) is 4.18. The van der Waals surface area contributed by atoms with Crippen LogP contribution in [0.3, 0.4) is 0 Å². The normalized spacial score (nSPS) is 35.6. The molecule has 0 saturated carbocycles. The maximum atomic E-state index is 11.3. The molecular formula is C10H18ClNO2. The number of methoxy groups -OCH3 is 1. The van der Waals surface area contributed by atoms with Crippen molar-refractivity contribution in [1.82, 2.24) is 5.32 Å². The Morgan fingerprint density at radius 3 is 2.36 bits per heavy atom. The van der Waals surface area contributed by atoms with Gasteiger partial charge >= 0.3 is 5.97 Å². The van der Waals surface area contributed by atoms with E-state index in [1.54, 1.807) is 0 Å². The van der Waals surface area contributed by atoms with E-state index < -0.39 is 0 Å². The molecule has 2 fully saturated rings. The first kappa shape index (κ1) is 11.8. The SMILES string of the molecule is COC(=O)C1C[C@@H]2CCC[C@@H](C1)N2.Cl. The fourth-order valence-electron chi connectivity index (χ4n) is 2.62. The highest BCUT2D eigenvalue weighted by atomic mass is 35.5. The molecule has 0 aliphatic carbocycles. The summed E-state index contributed by atoms with van der Waals surface area (Å²) in [7, 11) is 1.49. The van der Waals surface area contributed by atoms with Crippen molar-refractivity contribution < 1.29 is 9.53 Å². The minimum absolute atomic E-state index is 0. The number of carbonyl (C=O) groups is 1. The van der Waals surface area contributed by atoms with Crippen molar-refractivity contribution in [1.29, 1.82) is 0 Å². The highest BCUT2D eigenvalue weighted by molar-refractivity contribution is 5.85. The molecule has 2 aliphatic heterocycles. The van der Waals surface area contributed by atoms with Gasteiger partial charge in [0.2, 0.25) is 0 Å². The lowest BCUT2D eigenvalue weighted by Crippen LogP contribution is -2.50. The molecule has 2 aliphatic rings. The Morgan fingerprint density at radius 2 is 1.86 bits per heavy atom. The minimum atomic E-state index is -0.0154. The van der Waals surface area contributed by atoms with Gasteiger partial charge in [-0.25, -0.2) is 0 Å². The van der Waals surface area contributed by atoms with Gasteiger partial charge in [0.05, 0.1) is 13.0 Å². The zero-order valence-corrected chi connectivity index (χ0v) is 9.31. The summed E-state index contributed by atoms with van der Waals surface area (Å²) in [6.07, 6.45) is 5.72. The van der Waals surface area contributed by atoms with Gasteiger partial charge in [0, 0.05) is 12.1 Å². The lowest BCUT2D eigenvalue weighted by Gasteiger charge is -2.39. The third kappa shape index (κ3) is 2.39. The van der Waals surface area contributed by atoms with Gasteiger partial charge in [-0.3, -0.25) is 4.79 Å². The number of ether oxygens (including phenoxy) is 1. The zero-order valence-electron chi connectivity index (χ0n) is 8.49. The van der Waals surface area contributed by atoms with Crippen LogP contribution < -0.4 is 5.32 Å². The lowest BCUT2D eigenvalue weighted by atomic mass is 9.80. The van der Waals surface area contributed by atoms with Crippen molar-refractivity contribution in [2.45, 2.75) is 44.2 Å². The van der Waals surface area contributed by atoms with Crippen LogP contribution in [0.5, 0.6) is 0 Å². The van der Waals surface area contributed by atoms with Gasteiger partial charge in [0.15, 0.2) is 0 Å². The summed E-state index contributed by atoms with van der Waals surface area (Å²) in [5.74, 6) is 0.139. The van der Waals surface area contributed by atoms with Gasteiger partial charge in [-0.1, -0.05) is 6.42 Å². The van der Waals surface area contributed by atoms with Gasteiger partial charge in [-0.15, -0.1) is 12.4 Å². The van der Waals surface area contributed by atoms with Crippen LogP contribution in [0.15, 0.2) is 0 Å². The molecule has 0 aromatic rings. The summed E-state index contributed by atoms with van der Waals surface area (Å²) in [4.78, 5) is 11.3. The summed E-state index contributed by atoms with van der Waals surface area (Å²) in [5.41, 5.74) is 0. The van der Waals surface area contributed by atoms with Crippen molar-refractivity contribution in [3.8, 4) is 0 Å². The van der Waals surface area contributed by atoms with Crippen LogP contribution >= 0.6 is 12.4 Å². The fraction of sp³-hybridized carbons (Fsp3) is 0.900. The number of hydrogen-bond donors (Lipinski definition) is 1. The number of esters is 1. The molecule has 2 saturated heterocycles. The Labute approximate surface area is 91.0 Å². The van der Waals surface area contributed by atoms with E-state index in [1.807, 2.05) is 0 Å². The van der Waals surface area contributed by atoms with E-state index in [-0.39, 0.29) is 24.3 Å². The van der Waals surface area contributed by atoms with E-state index in [2.05, 4.69) is 5.32 Å². The molecule has 1 N–H and O–H groups in total. The Balaban J connectivity index is 0.000000980. The van der Waals surface area contributed by atoms with Crippen LogP contribution in [0.1, 0.15) is 32.1 Å². The maximum absolute atomic E-state index is 11.3. The second kappa shape index (κ2) is 4.99. The molecule has 4 heteroatoms. The van der Waals surface area contributed by atoms with Gasteiger partial charge in [-0.05, 0) is 25.7 Å². The Bertz CT molecular complexity index is 198. The standard InChI is InChI=1S/C10H17NO2.ClH/c1-13-10(12)7-5-8-3-2-4-9(6-7)11-8;/h7-9,11H,2-6H2,1H3;1H/t8-,9-;/m0./s1. The molecule has 2 atom stereocenters. The number of hydrogen-bond acceptors (Lipinski definition) is 3. The largest absolute Gasteiger partial charge is 0.469 e. The predicted octanol–water partition coefficient (Wildman–Crippen LogP) is 1.50. The molecule has 0 aromatic carbocycles. The summed E-state index contributed by atoms with van der Waals surface area (Å²) in [6, 6.07) is 1.13. The van der Waals surface area contributed by atoms with Crippen molar-refractivity contribution >= 4 is 18.4 Å². The molecule has 0 spiro atoms. The van der Waals surface area contributed by atoms with Gasteiger partial charge < -0.3 is 10.1 Å². The van der Waals surface area contributed by atoms with Crippen LogP contribution in [-0.4, -0.2) is 25.2 Å². The van der Waals surface area contributed by atoms with Crippen LogP contribution in [0.2, 0.25) is 0 Å². The average molecular weight is 220 g/mol. The van der Waals surface area contributed by atoms with E-state index >= 15 is 0 Å². The Hall–Kier alpha value is -0.280. The van der Waals surface area contributed by atoms with E-state index in [4.69, 9.17) is 4.74 Å². The van der Waals surface area contributed by atoms with Crippen LogP contribution in [-0.2, 0) is 9.53 Å². The first-order chi connectivity index (χ1) is 6.29. The molecule has 0 unspecified atom stereocenters. The minimum Gasteiger partial charge on any atom is -0.469 e. The lowest BCUT2D eigenvalue weighted by molar-refractivity contribution is -0.147. The first-order valence-corrected chi connectivity index (χ1v) is 5.13. The van der Waals surface area contributed by atoms with Crippen LogP contribution in [0, 0.1) is 5.92 Å². The molecule has 14 heavy (non-hydrogen) atoms. The van der Waals surface area contributed by atoms with E-state index in [1.165, 1.54) is 26.4 Å². The van der Waals surface area contributed by atoms with Crippen molar-refractivity contribution in [3.63, 3.8) is 0 Å². The number of halogens is 1. The zero-order chi connectivity index (χ0) is 9.26.